The van der Waals surface area contributed by atoms with Crippen LogP contribution >= 0.6 is 0 Å². The van der Waals surface area contributed by atoms with Crippen molar-refractivity contribution in [2.75, 3.05) is 30.3 Å². The van der Waals surface area contributed by atoms with E-state index in [1.807, 2.05) is 23.1 Å². The van der Waals surface area contributed by atoms with Crippen LogP contribution in [0, 0.1) is 0 Å². The van der Waals surface area contributed by atoms with E-state index in [2.05, 4.69) is 27.1 Å². The van der Waals surface area contributed by atoms with Gasteiger partial charge in [0.15, 0.2) is 17.4 Å². The number of nitrogen functional groups attached to an aromatic ring is 1. The molecule has 2 aliphatic rings. The van der Waals surface area contributed by atoms with Crippen LogP contribution in [-0.4, -0.2) is 72.8 Å². The fourth-order valence-corrected chi connectivity index (χ4v) is 4.48. The Hall–Kier alpha value is -2.99. The predicted molar refractivity (Wildman–Crippen MR) is 112 cm³/mol. The van der Waals surface area contributed by atoms with E-state index in [-0.39, 0.29) is 23.0 Å². The largest absolute Gasteiger partial charge is 0.394 e. The highest BCUT2D eigenvalue weighted by molar-refractivity contribution is 5.75. The minimum absolute atomic E-state index is 0.0603. The highest BCUT2D eigenvalue weighted by Gasteiger charge is 2.46. The zero-order valence-electron chi connectivity index (χ0n) is 16.6. The summed E-state index contributed by atoms with van der Waals surface area (Å²) < 4.78 is 7.23. The molecule has 0 radical (unpaired) electrons. The SMILES string of the molecule is Nc1nc2c(nc(N3CC[C@H](c4ccccc4)C3)n2[C@@H]2O[C@H](CO)[C@@H](O)[C@H]2O)c(=O)[nH]1. The molecular formula is C20H24N6O5. The van der Waals surface area contributed by atoms with Gasteiger partial charge in [-0.25, -0.2) is 4.98 Å². The number of hydrogen-bond acceptors (Lipinski definition) is 9. The number of benzene rings is 1. The van der Waals surface area contributed by atoms with E-state index in [1.54, 1.807) is 0 Å². The summed E-state index contributed by atoms with van der Waals surface area (Å²) in [6.07, 6.45) is -3.81. The molecule has 5 rings (SSSR count). The van der Waals surface area contributed by atoms with E-state index < -0.39 is 36.7 Å². The molecule has 0 aliphatic carbocycles. The number of nitrogens with one attached hydrogen (secondary N) is 1. The second kappa shape index (κ2) is 7.61. The minimum Gasteiger partial charge on any atom is -0.394 e. The summed E-state index contributed by atoms with van der Waals surface area (Å²) in [5.74, 6) is 0.573. The van der Waals surface area contributed by atoms with Gasteiger partial charge in [0.2, 0.25) is 11.9 Å². The Morgan fingerprint density at radius 1 is 1.19 bits per heavy atom. The molecule has 11 heteroatoms. The van der Waals surface area contributed by atoms with Crippen molar-refractivity contribution in [3.8, 4) is 0 Å². The summed E-state index contributed by atoms with van der Waals surface area (Å²) in [6.45, 7) is 0.854. The molecule has 1 aromatic carbocycles. The van der Waals surface area contributed by atoms with Gasteiger partial charge in [0.05, 0.1) is 6.61 Å². The van der Waals surface area contributed by atoms with Crippen LogP contribution in [0.25, 0.3) is 11.2 Å². The van der Waals surface area contributed by atoms with Crippen molar-refractivity contribution in [2.45, 2.75) is 36.9 Å². The van der Waals surface area contributed by atoms with Gasteiger partial charge in [-0.2, -0.15) is 4.98 Å². The summed E-state index contributed by atoms with van der Waals surface area (Å²) in [7, 11) is 0. The van der Waals surface area contributed by atoms with Gasteiger partial charge in [-0.3, -0.25) is 14.3 Å². The zero-order chi connectivity index (χ0) is 21.7. The first kappa shape index (κ1) is 19.9. The zero-order valence-corrected chi connectivity index (χ0v) is 16.6. The molecule has 0 unspecified atom stereocenters. The van der Waals surface area contributed by atoms with Crippen molar-refractivity contribution in [2.24, 2.45) is 0 Å². The molecule has 164 valence electrons. The lowest BCUT2D eigenvalue weighted by Crippen LogP contribution is -2.34. The summed E-state index contributed by atoms with van der Waals surface area (Å²) >= 11 is 0. The van der Waals surface area contributed by atoms with Crippen molar-refractivity contribution in [1.29, 1.82) is 0 Å². The second-order valence-corrected chi connectivity index (χ2v) is 7.98. The molecular weight excluding hydrogens is 404 g/mol. The molecule has 0 spiro atoms. The average Bonchev–Trinajstić information content (AvgIpc) is 3.46. The van der Waals surface area contributed by atoms with Gasteiger partial charge in [-0.15, -0.1) is 0 Å². The number of nitrogens with zero attached hydrogens (tertiary/aromatic N) is 4. The van der Waals surface area contributed by atoms with E-state index >= 15 is 0 Å². The molecule has 2 aromatic heterocycles. The first-order chi connectivity index (χ1) is 15.0. The molecule has 5 atom stereocenters. The number of aromatic nitrogens is 4. The van der Waals surface area contributed by atoms with Crippen LogP contribution < -0.4 is 16.2 Å². The Kier molecular flexibility index (Phi) is 4.89. The third-order valence-electron chi connectivity index (χ3n) is 6.06. The van der Waals surface area contributed by atoms with Crippen molar-refractivity contribution in [3.63, 3.8) is 0 Å². The summed E-state index contributed by atoms with van der Waals surface area (Å²) in [6, 6.07) is 10.1. The standard InChI is InChI=1S/C20H24N6O5/c21-19-23-16-13(17(30)24-19)22-20(26(16)18-15(29)14(28)12(9-27)31-18)25-7-6-11(8-25)10-4-2-1-3-5-10/h1-5,11-12,14-15,18,27-29H,6-9H2,(H3,21,23,24,30)/t11-,12+,14+,15+,18+/m0/s1. The Balaban J connectivity index is 1.59. The molecule has 0 bridgehead atoms. The first-order valence-corrected chi connectivity index (χ1v) is 10.2. The van der Waals surface area contributed by atoms with E-state index in [4.69, 9.17) is 10.5 Å². The highest BCUT2D eigenvalue weighted by Crippen LogP contribution is 2.37. The normalized spacial score (nSPS) is 28.6. The third kappa shape index (κ3) is 3.26. The van der Waals surface area contributed by atoms with Crippen LogP contribution in [0.15, 0.2) is 35.1 Å². The molecule has 2 saturated heterocycles. The molecule has 11 nitrogen and oxygen atoms in total. The van der Waals surface area contributed by atoms with Gasteiger partial charge in [-0.1, -0.05) is 30.3 Å². The van der Waals surface area contributed by atoms with Crippen molar-refractivity contribution in [1.82, 2.24) is 19.5 Å². The lowest BCUT2D eigenvalue weighted by Gasteiger charge is -2.24. The van der Waals surface area contributed by atoms with Crippen LogP contribution in [-0.2, 0) is 4.74 Å². The molecule has 2 fully saturated rings. The smallest absolute Gasteiger partial charge is 0.280 e. The quantitative estimate of drug-likeness (QED) is 0.362. The highest BCUT2D eigenvalue weighted by atomic mass is 16.6. The number of fused-ring (bicyclic) bond motifs is 1. The Bertz CT molecular complexity index is 1150. The average molecular weight is 428 g/mol. The van der Waals surface area contributed by atoms with Crippen LogP contribution in [0.3, 0.4) is 0 Å². The van der Waals surface area contributed by atoms with Gasteiger partial charge in [0.25, 0.3) is 5.56 Å². The number of ether oxygens (including phenoxy) is 1. The van der Waals surface area contributed by atoms with Crippen LogP contribution in [0.5, 0.6) is 0 Å². The predicted octanol–water partition coefficient (Wildman–Crippen LogP) is -0.693. The lowest BCUT2D eigenvalue weighted by atomic mass is 9.99. The molecule has 0 amide bonds. The fourth-order valence-electron chi connectivity index (χ4n) is 4.48. The van der Waals surface area contributed by atoms with Gasteiger partial charge in [-0.05, 0) is 12.0 Å². The number of anilines is 2. The Labute approximate surface area is 176 Å². The van der Waals surface area contributed by atoms with E-state index in [1.165, 1.54) is 10.1 Å². The molecule has 31 heavy (non-hydrogen) atoms. The van der Waals surface area contributed by atoms with Crippen LogP contribution in [0.4, 0.5) is 11.9 Å². The van der Waals surface area contributed by atoms with Crippen LogP contribution in [0.2, 0.25) is 0 Å². The summed E-state index contributed by atoms with van der Waals surface area (Å²) in [5.41, 5.74) is 6.66. The number of rotatable bonds is 4. The summed E-state index contributed by atoms with van der Waals surface area (Å²) in [4.78, 5) is 25.7. The van der Waals surface area contributed by atoms with Gasteiger partial charge < -0.3 is 30.7 Å². The third-order valence-corrected chi connectivity index (χ3v) is 6.06. The number of aliphatic hydroxyl groups is 3. The summed E-state index contributed by atoms with van der Waals surface area (Å²) in [5, 5.41) is 30.4. The number of hydrogen-bond donors (Lipinski definition) is 5. The monoisotopic (exact) mass is 428 g/mol. The number of aliphatic hydroxyl groups excluding tert-OH is 3. The second-order valence-electron chi connectivity index (χ2n) is 7.98. The maximum Gasteiger partial charge on any atom is 0.280 e. The molecule has 4 heterocycles. The number of aromatic amines is 1. The Morgan fingerprint density at radius 2 is 1.97 bits per heavy atom. The molecule has 2 aliphatic heterocycles. The lowest BCUT2D eigenvalue weighted by molar-refractivity contribution is -0.0504. The Morgan fingerprint density at radius 3 is 2.68 bits per heavy atom. The van der Waals surface area contributed by atoms with Gasteiger partial charge in [0.1, 0.15) is 18.3 Å². The molecule has 6 N–H and O–H groups in total. The fraction of sp³-hybridized carbons (Fsp3) is 0.450. The minimum atomic E-state index is -1.34. The van der Waals surface area contributed by atoms with Gasteiger partial charge >= 0.3 is 0 Å². The maximum atomic E-state index is 12.5. The molecule has 3 aromatic rings. The number of imidazole rings is 1. The first-order valence-electron chi connectivity index (χ1n) is 10.2. The van der Waals surface area contributed by atoms with E-state index in [0.717, 1.165) is 6.42 Å². The van der Waals surface area contributed by atoms with E-state index in [0.29, 0.717) is 19.0 Å². The van der Waals surface area contributed by atoms with E-state index in [9.17, 15) is 20.1 Å². The van der Waals surface area contributed by atoms with Crippen molar-refractivity contribution >= 4 is 23.1 Å². The van der Waals surface area contributed by atoms with Crippen LogP contribution in [0.1, 0.15) is 24.1 Å². The number of H-pyrrole nitrogens is 1. The van der Waals surface area contributed by atoms with Crippen molar-refractivity contribution < 1.29 is 20.1 Å². The number of nitrogens with two attached hydrogens (primary N) is 1. The van der Waals surface area contributed by atoms with Gasteiger partial charge in [0, 0.05) is 19.0 Å². The maximum absolute atomic E-state index is 12.5. The van der Waals surface area contributed by atoms with Crippen molar-refractivity contribution in [3.05, 3.63) is 46.2 Å². The molecule has 0 saturated carbocycles. The topological polar surface area (TPSA) is 163 Å².